The summed E-state index contributed by atoms with van der Waals surface area (Å²) in [6, 6.07) is 9.40. The quantitative estimate of drug-likeness (QED) is 0.748. The highest BCUT2D eigenvalue weighted by molar-refractivity contribution is 6.30. The molecule has 134 valence electrons. The van der Waals surface area contributed by atoms with Crippen LogP contribution in [0.5, 0.6) is 0 Å². The van der Waals surface area contributed by atoms with E-state index < -0.39 is 0 Å². The van der Waals surface area contributed by atoms with Crippen LogP contribution in [0, 0.1) is 13.8 Å². The van der Waals surface area contributed by atoms with Crippen LogP contribution in [0.1, 0.15) is 33.6 Å². The van der Waals surface area contributed by atoms with E-state index in [0.717, 1.165) is 23.5 Å². The number of halogens is 1. The molecule has 8 heteroatoms. The summed E-state index contributed by atoms with van der Waals surface area (Å²) in [5.74, 6) is 0.416. The van der Waals surface area contributed by atoms with Gasteiger partial charge in [-0.1, -0.05) is 23.7 Å². The standard InChI is InChI=1S/C18H19ClN6O/c1-11-8-12(2)25-18(21-11)22-16(23-25)17(26)24-7-6-20-10-15(24)13-4-3-5-14(19)9-13/h3-5,8-9,15,20H,6-7,10H2,1-2H3. The fourth-order valence-electron chi connectivity index (χ4n) is 3.34. The molecule has 2 aromatic heterocycles. The first-order valence-electron chi connectivity index (χ1n) is 8.51. The Balaban J connectivity index is 1.70. The lowest BCUT2D eigenvalue weighted by molar-refractivity contribution is 0.0622. The summed E-state index contributed by atoms with van der Waals surface area (Å²) in [6.45, 7) is 5.79. The third-order valence-electron chi connectivity index (χ3n) is 4.55. The molecule has 1 aliphatic rings. The van der Waals surface area contributed by atoms with E-state index >= 15 is 0 Å². The van der Waals surface area contributed by atoms with E-state index in [0.29, 0.717) is 23.9 Å². The Morgan fingerprint density at radius 1 is 1.27 bits per heavy atom. The summed E-state index contributed by atoms with van der Waals surface area (Å²) in [5, 5.41) is 8.37. The largest absolute Gasteiger partial charge is 0.326 e. The van der Waals surface area contributed by atoms with Crippen LogP contribution in [-0.4, -0.2) is 50.0 Å². The van der Waals surface area contributed by atoms with Crippen molar-refractivity contribution in [3.8, 4) is 0 Å². The number of benzene rings is 1. The lowest BCUT2D eigenvalue weighted by Crippen LogP contribution is -2.49. The summed E-state index contributed by atoms with van der Waals surface area (Å²) in [6.07, 6.45) is 0. The SMILES string of the molecule is Cc1cc(C)n2nc(C(=O)N3CCNCC3c3cccc(Cl)c3)nc2n1. The van der Waals surface area contributed by atoms with Gasteiger partial charge in [0.1, 0.15) is 0 Å². The molecule has 1 atom stereocenters. The number of carbonyl (C=O) groups is 1. The van der Waals surface area contributed by atoms with E-state index in [4.69, 9.17) is 11.6 Å². The maximum Gasteiger partial charge on any atom is 0.294 e. The van der Waals surface area contributed by atoms with Gasteiger partial charge in [-0.3, -0.25) is 4.79 Å². The molecule has 1 amide bonds. The molecule has 0 spiro atoms. The van der Waals surface area contributed by atoms with E-state index in [1.807, 2.05) is 44.2 Å². The van der Waals surface area contributed by atoms with E-state index in [9.17, 15) is 4.79 Å². The van der Waals surface area contributed by atoms with Crippen LogP contribution >= 0.6 is 11.6 Å². The van der Waals surface area contributed by atoms with Crippen molar-refractivity contribution in [1.82, 2.24) is 29.8 Å². The van der Waals surface area contributed by atoms with Crippen molar-refractivity contribution in [1.29, 1.82) is 0 Å². The summed E-state index contributed by atoms with van der Waals surface area (Å²) in [4.78, 5) is 23.7. The maximum absolute atomic E-state index is 13.1. The molecule has 1 saturated heterocycles. The summed E-state index contributed by atoms with van der Waals surface area (Å²) < 4.78 is 1.61. The van der Waals surface area contributed by atoms with Gasteiger partial charge in [-0.15, -0.1) is 5.10 Å². The Morgan fingerprint density at radius 2 is 2.12 bits per heavy atom. The molecule has 1 aliphatic heterocycles. The number of fused-ring (bicyclic) bond motifs is 1. The van der Waals surface area contributed by atoms with Crippen molar-refractivity contribution < 1.29 is 4.79 Å². The highest BCUT2D eigenvalue weighted by Gasteiger charge is 2.31. The van der Waals surface area contributed by atoms with Crippen LogP contribution in [0.25, 0.3) is 5.78 Å². The van der Waals surface area contributed by atoms with E-state index in [-0.39, 0.29) is 17.8 Å². The van der Waals surface area contributed by atoms with Crippen molar-refractivity contribution in [2.75, 3.05) is 19.6 Å². The van der Waals surface area contributed by atoms with Gasteiger partial charge in [0.25, 0.3) is 11.7 Å². The van der Waals surface area contributed by atoms with Crippen LogP contribution < -0.4 is 5.32 Å². The van der Waals surface area contributed by atoms with Crippen molar-refractivity contribution in [2.24, 2.45) is 0 Å². The fourth-order valence-corrected chi connectivity index (χ4v) is 3.54. The molecule has 1 fully saturated rings. The Labute approximate surface area is 156 Å². The smallest absolute Gasteiger partial charge is 0.294 e. The van der Waals surface area contributed by atoms with E-state index in [2.05, 4.69) is 20.4 Å². The molecular formula is C18H19ClN6O. The molecule has 4 rings (SSSR count). The number of piperazine rings is 1. The molecule has 0 radical (unpaired) electrons. The molecule has 26 heavy (non-hydrogen) atoms. The lowest BCUT2D eigenvalue weighted by Gasteiger charge is -2.35. The topological polar surface area (TPSA) is 75.4 Å². The van der Waals surface area contributed by atoms with Crippen molar-refractivity contribution in [3.63, 3.8) is 0 Å². The van der Waals surface area contributed by atoms with Gasteiger partial charge in [0, 0.05) is 36.0 Å². The minimum absolute atomic E-state index is 0.114. The minimum Gasteiger partial charge on any atom is -0.326 e. The first kappa shape index (κ1) is 16.9. The number of aryl methyl sites for hydroxylation is 2. The van der Waals surface area contributed by atoms with E-state index in [1.165, 1.54) is 0 Å². The zero-order chi connectivity index (χ0) is 18.3. The van der Waals surface area contributed by atoms with Crippen LogP contribution in [-0.2, 0) is 0 Å². The van der Waals surface area contributed by atoms with Gasteiger partial charge in [0.2, 0.25) is 5.82 Å². The van der Waals surface area contributed by atoms with Crippen LogP contribution in [0.2, 0.25) is 5.02 Å². The molecule has 0 bridgehead atoms. The second-order valence-electron chi connectivity index (χ2n) is 6.46. The second kappa shape index (κ2) is 6.66. The summed E-state index contributed by atoms with van der Waals surface area (Å²) in [7, 11) is 0. The third kappa shape index (κ3) is 3.04. The number of aromatic nitrogens is 4. The third-order valence-corrected chi connectivity index (χ3v) is 4.78. The van der Waals surface area contributed by atoms with Crippen LogP contribution in [0.4, 0.5) is 0 Å². The normalized spacial score (nSPS) is 17.7. The number of nitrogens with zero attached hydrogens (tertiary/aromatic N) is 5. The van der Waals surface area contributed by atoms with E-state index in [1.54, 1.807) is 9.42 Å². The lowest BCUT2D eigenvalue weighted by atomic mass is 10.0. The Bertz CT molecular complexity index is 985. The molecule has 3 heterocycles. The van der Waals surface area contributed by atoms with Crippen LogP contribution in [0.3, 0.4) is 0 Å². The number of carbonyl (C=O) groups excluding carboxylic acids is 1. The number of nitrogens with one attached hydrogen (secondary N) is 1. The molecule has 3 aromatic rings. The molecule has 0 aliphatic carbocycles. The predicted octanol–water partition coefficient (Wildman–Crippen LogP) is 2.18. The molecule has 1 aromatic carbocycles. The van der Waals surface area contributed by atoms with Gasteiger partial charge < -0.3 is 10.2 Å². The summed E-state index contributed by atoms with van der Waals surface area (Å²) >= 11 is 6.13. The zero-order valence-electron chi connectivity index (χ0n) is 14.6. The number of hydrogen-bond acceptors (Lipinski definition) is 5. The maximum atomic E-state index is 13.1. The molecule has 0 saturated carbocycles. The average molecular weight is 371 g/mol. The first-order chi connectivity index (χ1) is 12.5. The Kier molecular flexibility index (Phi) is 4.34. The monoisotopic (exact) mass is 370 g/mol. The van der Waals surface area contributed by atoms with Crippen molar-refractivity contribution >= 4 is 23.3 Å². The van der Waals surface area contributed by atoms with Crippen molar-refractivity contribution in [2.45, 2.75) is 19.9 Å². The highest BCUT2D eigenvalue weighted by Crippen LogP contribution is 2.25. The predicted molar refractivity (Wildman–Crippen MR) is 98.4 cm³/mol. The highest BCUT2D eigenvalue weighted by atomic mass is 35.5. The molecule has 1 unspecified atom stereocenters. The first-order valence-corrected chi connectivity index (χ1v) is 8.89. The van der Waals surface area contributed by atoms with Gasteiger partial charge in [-0.05, 0) is 37.6 Å². The summed E-state index contributed by atoms with van der Waals surface area (Å²) in [5.41, 5.74) is 2.73. The minimum atomic E-state index is -0.195. The Morgan fingerprint density at radius 3 is 2.92 bits per heavy atom. The molecule has 7 nitrogen and oxygen atoms in total. The van der Waals surface area contributed by atoms with Gasteiger partial charge in [0.05, 0.1) is 6.04 Å². The van der Waals surface area contributed by atoms with Gasteiger partial charge in [-0.2, -0.15) is 4.98 Å². The molecular weight excluding hydrogens is 352 g/mol. The Hall–Kier alpha value is -2.51. The average Bonchev–Trinajstić information content (AvgIpc) is 3.05. The van der Waals surface area contributed by atoms with Gasteiger partial charge in [-0.25, -0.2) is 9.50 Å². The second-order valence-corrected chi connectivity index (χ2v) is 6.90. The van der Waals surface area contributed by atoms with Crippen molar-refractivity contribution in [3.05, 3.63) is 58.1 Å². The number of hydrogen-bond donors (Lipinski definition) is 1. The van der Waals surface area contributed by atoms with Gasteiger partial charge in [0.15, 0.2) is 0 Å². The van der Waals surface area contributed by atoms with Crippen LogP contribution in [0.15, 0.2) is 30.3 Å². The number of rotatable bonds is 2. The fraction of sp³-hybridized carbons (Fsp3) is 0.333. The number of amides is 1. The van der Waals surface area contributed by atoms with Gasteiger partial charge >= 0.3 is 0 Å². The molecule has 1 N–H and O–H groups in total. The zero-order valence-corrected chi connectivity index (χ0v) is 15.4.